The maximum Gasteiger partial charge on any atom is 0.253 e. The average Bonchev–Trinajstić information content (AvgIpc) is 2.33. The molecule has 0 N–H and O–H groups in total. The lowest BCUT2D eigenvalue weighted by Crippen LogP contribution is -2.34. The van der Waals surface area contributed by atoms with Gasteiger partial charge < -0.3 is 4.90 Å². The van der Waals surface area contributed by atoms with E-state index >= 15 is 0 Å². The van der Waals surface area contributed by atoms with E-state index in [4.69, 9.17) is 5.26 Å². The van der Waals surface area contributed by atoms with E-state index in [9.17, 15) is 4.79 Å². The predicted molar refractivity (Wildman–Crippen MR) is 67.9 cm³/mol. The van der Waals surface area contributed by atoms with E-state index in [1.807, 2.05) is 13.1 Å². The Balaban J connectivity index is 2.02. The van der Waals surface area contributed by atoms with Gasteiger partial charge >= 0.3 is 0 Å². The molecule has 1 saturated carbocycles. The molecule has 1 aromatic rings. The lowest BCUT2D eigenvalue weighted by Gasteiger charge is -2.30. The van der Waals surface area contributed by atoms with Gasteiger partial charge in [-0.05, 0) is 30.9 Å². The van der Waals surface area contributed by atoms with Gasteiger partial charge in [-0.2, -0.15) is 5.26 Å². The Kier molecular flexibility index (Phi) is 3.93. The van der Waals surface area contributed by atoms with E-state index in [0.717, 1.165) is 6.54 Å². The zero-order valence-corrected chi connectivity index (χ0v) is 10.6. The van der Waals surface area contributed by atoms with E-state index in [2.05, 4.69) is 4.98 Å². The Morgan fingerprint density at radius 3 is 3.00 bits per heavy atom. The average molecular weight is 243 g/mol. The van der Waals surface area contributed by atoms with Gasteiger partial charge in [-0.25, -0.2) is 0 Å². The Labute approximate surface area is 107 Å². The first-order valence-corrected chi connectivity index (χ1v) is 6.28. The van der Waals surface area contributed by atoms with Crippen LogP contribution in [-0.4, -0.2) is 29.4 Å². The molecular formula is C14H17N3O. The molecule has 1 aliphatic rings. The molecule has 2 rings (SSSR count). The molecule has 4 nitrogen and oxygen atoms in total. The summed E-state index contributed by atoms with van der Waals surface area (Å²) >= 11 is 0. The fourth-order valence-corrected chi connectivity index (χ4v) is 2.15. The third-order valence-electron chi connectivity index (χ3n) is 3.43. The topological polar surface area (TPSA) is 57.0 Å². The number of carbonyl (C=O) groups is 1. The third-order valence-corrected chi connectivity index (χ3v) is 3.43. The normalized spacial score (nSPS) is 14.7. The van der Waals surface area contributed by atoms with Crippen molar-refractivity contribution in [3.63, 3.8) is 0 Å². The van der Waals surface area contributed by atoms with Crippen LogP contribution in [0.5, 0.6) is 0 Å². The van der Waals surface area contributed by atoms with Crippen molar-refractivity contribution in [2.75, 3.05) is 13.6 Å². The van der Waals surface area contributed by atoms with Crippen LogP contribution in [0.3, 0.4) is 0 Å². The second kappa shape index (κ2) is 5.63. The smallest absolute Gasteiger partial charge is 0.253 e. The quantitative estimate of drug-likeness (QED) is 0.813. The third kappa shape index (κ3) is 2.86. The molecule has 0 aromatic carbocycles. The standard InChI is InChI=1S/C14H17N3O/c1-17(10-11-3-2-4-11)14(18)12-6-8-16-13(9-12)5-7-15/h6,8-9,11H,2-5,10H2,1H3. The lowest BCUT2D eigenvalue weighted by atomic mass is 9.85. The van der Waals surface area contributed by atoms with E-state index in [-0.39, 0.29) is 12.3 Å². The number of hydrogen-bond acceptors (Lipinski definition) is 3. The summed E-state index contributed by atoms with van der Waals surface area (Å²) in [6, 6.07) is 5.46. The molecule has 0 unspecified atom stereocenters. The molecule has 0 bridgehead atoms. The molecule has 0 saturated heterocycles. The van der Waals surface area contributed by atoms with Crippen LogP contribution in [0.1, 0.15) is 35.3 Å². The van der Waals surface area contributed by atoms with Crippen molar-refractivity contribution in [2.24, 2.45) is 5.92 Å². The molecule has 1 aliphatic carbocycles. The summed E-state index contributed by atoms with van der Waals surface area (Å²) in [5.74, 6) is 0.683. The number of aromatic nitrogens is 1. The molecule has 0 spiro atoms. The minimum atomic E-state index is 0.0171. The summed E-state index contributed by atoms with van der Waals surface area (Å²) in [4.78, 5) is 18.0. The first kappa shape index (κ1) is 12.6. The first-order chi connectivity index (χ1) is 8.70. The van der Waals surface area contributed by atoms with Gasteiger partial charge in [0.05, 0.1) is 18.2 Å². The summed E-state index contributed by atoms with van der Waals surface area (Å²) in [6.45, 7) is 0.828. The van der Waals surface area contributed by atoms with Crippen molar-refractivity contribution in [1.82, 2.24) is 9.88 Å². The SMILES string of the molecule is CN(CC1CCC1)C(=O)c1ccnc(CC#N)c1. The van der Waals surface area contributed by atoms with Crippen LogP contribution in [0.15, 0.2) is 18.3 Å². The highest BCUT2D eigenvalue weighted by Crippen LogP contribution is 2.27. The molecule has 1 heterocycles. The van der Waals surface area contributed by atoms with Gasteiger partial charge in [-0.15, -0.1) is 0 Å². The Morgan fingerprint density at radius 1 is 1.61 bits per heavy atom. The molecule has 0 aliphatic heterocycles. The van der Waals surface area contributed by atoms with Crippen LogP contribution >= 0.6 is 0 Å². The molecule has 4 heteroatoms. The van der Waals surface area contributed by atoms with Crippen molar-refractivity contribution in [1.29, 1.82) is 5.26 Å². The lowest BCUT2D eigenvalue weighted by molar-refractivity contribution is 0.0745. The summed E-state index contributed by atoms with van der Waals surface area (Å²) in [5, 5.41) is 8.63. The van der Waals surface area contributed by atoms with Crippen LogP contribution in [0.4, 0.5) is 0 Å². The fourth-order valence-electron chi connectivity index (χ4n) is 2.15. The number of pyridine rings is 1. The van der Waals surface area contributed by atoms with Gasteiger partial charge in [0.1, 0.15) is 0 Å². The molecule has 94 valence electrons. The molecule has 0 atom stereocenters. The van der Waals surface area contributed by atoms with E-state index in [0.29, 0.717) is 17.2 Å². The number of amides is 1. The van der Waals surface area contributed by atoms with Gasteiger partial charge in [0.15, 0.2) is 0 Å². The monoisotopic (exact) mass is 243 g/mol. The minimum absolute atomic E-state index is 0.0171. The zero-order chi connectivity index (χ0) is 13.0. The minimum Gasteiger partial charge on any atom is -0.341 e. The van der Waals surface area contributed by atoms with Gasteiger partial charge in [0, 0.05) is 25.4 Å². The van der Waals surface area contributed by atoms with Crippen LogP contribution in [0.2, 0.25) is 0 Å². The Bertz CT molecular complexity index is 474. The van der Waals surface area contributed by atoms with Gasteiger partial charge in [-0.3, -0.25) is 9.78 Å². The summed E-state index contributed by atoms with van der Waals surface area (Å²) in [6.07, 6.45) is 5.58. The summed E-state index contributed by atoms with van der Waals surface area (Å²) < 4.78 is 0. The van der Waals surface area contributed by atoms with Crippen molar-refractivity contribution < 1.29 is 4.79 Å². The predicted octanol–water partition coefficient (Wildman–Crippen LogP) is 2.02. The number of hydrogen-bond donors (Lipinski definition) is 0. The molecule has 1 aromatic heterocycles. The number of rotatable bonds is 4. The van der Waals surface area contributed by atoms with Gasteiger partial charge in [0.2, 0.25) is 0 Å². The molecular weight excluding hydrogens is 226 g/mol. The van der Waals surface area contributed by atoms with Gasteiger partial charge in [-0.1, -0.05) is 6.42 Å². The van der Waals surface area contributed by atoms with Crippen molar-refractivity contribution in [3.8, 4) is 6.07 Å². The summed E-state index contributed by atoms with van der Waals surface area (Å²) in [5.41, 5.74) is 1.28. The molecule has 18 heavy (non-hydrogen) atoms. The second-order valence-electron chi connectivity index (χ2n) is 4.85. The molecule has 0 radical (unpaired) electrons. The van der Waals surface area contributed by atoms with Crippen LogP contribution in [0, 0.1) is 17.2 Å². The molecule has 1 amide bonds. The van der Waals surface area contributed by atoms with Crippen LogP contribution < -0.4 is 0 Å². The highest BCUT2D eigenvalue weighted by Gasteiger charge is 2.22. The fraction of sp³-hybridized carbons (Fsp3) is 0.500. The first-order valence-electron chi connectivity index (χ1n) is 6.28. The number of nitriles is 1. The Morgan fingerprint density at radius 2 is 2.39 bits per heavy atom. The number of carbonyl (C=O) groups excluding carboxylic acids is 1. The maximum absolute atomic E-state index is 12.2. The van der Waals surface area contributed by atoms with E-state index in [1.54, 1.807) is 23.2 Å². The highest BCUT2D eigenvalue weighted by atomic mass is 16.2. The Hall–Kier alpha value is -1.89. The maximum atomic E-state index is 12.2. The largest absolute Gasteiger partial charge is 0.341 e. The van der Waals surface area contributed by atoms with Crippen LogP contribution in [0.25, 0.3) is 0 Å². The second-order valence-corrected chi connectivity index (χ2v) is 4.85. The number of nitrogens with zero attached hydrogens (tertiary/aromatic N) is 3. The van der Waals surface area contributed by atoms with E-state index < -0.39 is 0 Å². The van der Waals surface area contributed by atoms with E-state index in [1.165, 1.54) is 19.3 Å². The van der Waals surface area contributed by atoms with Crippen molar-refractivity contribution in [3.05, 3.63) is 29.6 Å². The van der Waals surface area contributed by atoms with Crippen molar-refractivity contribution >= 4 is 5.91 Å². The van der Waals surface area contributed by atoms with Crippen molar-refractivity contribution in [2.45, 2.75) is 25.7 Å². The summed E-state index contributed by atoms with van der Waals surface area (Å²) in [7, 11) is 1.84. The molecule has 1 fully saturated rings. The zero-order valence-electron chi connectivity index (χ0n) is 10.6. The highest BCUT2D eigenvalue weighted by molar-refractivity contribution is 5.94. The van der Waals surface area contributed by atoms with Gasteiger partial charge in [0.25, 0.3) is 5.91 Å². The van der Waals surface area contributed by atoms with Crippen LogP contribution in [-0.2, 0) is 6.42 Å².